The quantitative estimate of drug-likeness (QED) is 0.670. The molecule has 0 saturated heterocycles. The molecule has 0 atom stereocenters. The number of hydrogen-bond acceptors (Lipinski definition) is 5. The molecule has 30 heavy (non-hydrogen) atoms. The van der Waals surface area contributed by atoms with Crippen molar-refractivity contribution in [3.05, 3.63) is 64.0 Å². The van der Waals surface area contributed by atoms with Gasteiger partial charge in [-0.3, -0.25) is 14.9 Å². The second-order valence-corrected chi connectivity index (χ2v) is 8.30. The molecular weight excluding hydrogens is 398 g/mol. The van der Waals surface area contributed by atoms with Crippen LogP contribution in [0.25, 0.3) is 11.3 Å². The second-order valence-electron chi connectivity index (χ2n) is 7.44. The van der Waals surface area contributed by atoms with Gasteiger partial charge in [-0.1, -0.05) is 23.3 Å². The van der Waals surface area contributed by atoms with Crippen LogP contribution >= 0.6 is 11.3 Å². The van der Waals surface area contributed by atoms with E-state index in [9.17, 15) is 9.59 Å². The van der Waals surface area contributed by atoms with Crippen LogP contribution in [0, 0.1) is 13.8 Å². The molecule has 4 rings (SSSR count). The first-order valence-electron chi connectivity index (χ1n) is 9.72. The van der Waals surface area contributed by atoms with Gasteiger partial charge in [-0.2, -0.15) is 0 Å². The maximum absolute atomic E-state index is 12.6. The van der Waals surface area contributed by atoms with Gasteiger partial charge in [-0.15, -0.1) is 11.3 Å². The van der Waals surface area contributed by atoms with Crippen molar-refractivity contribution in [1.29, 1.82) is 0 Å². The van der Waals surface area contributed by atoms with Crippen LogP contribution in [0.4, 0.5) is 10.8 Å². The van der Waals surface area contributed by atoms with Gasteiger partial charge in [-0.05, 0) is 50.1 Å². The Balaban J connectivity index is 1.51. The topological polar surface area (TPSA) is 71.5 Å². The number of ether oxygens (including phenoxy) is 1. The molecule has 0 aliphatic carbocycles. The number of nitrogens with one attached hydrogen (secondary N) is 1. The number of carbonyl (C=O) groups is 2. The maximum atomic E-state index is 12.6. The van der Waals surface area contributed by atoms with Crippen LogP contribution in [0.15, 0.2) is 41.8 Å². The average Bonchev–Trinajstić information content (AvgIpc) is 3.33. The van der Waals surface area contributed by atoms with Crippen LogP contribution in [0.2, 0.25) is 0 Å². The largest absolute Gasteiger partial charge is 0.375 e. The van der Waals surface area contributed by atoms with Crippen LogP contribution in [0.3, 0.4) is 0 Å². The number of benzene rings is 2. The molecular formula is C23H23N3O3S. The zero-order valence-electron chi connectivity index (χ0n) is 17.2. The number of anilines is 2. The van der Waals surface area contributed by atoms with Crippen LogP contribution in [-0.2, 0) is 16.0 Å². The summed E-state index contributed by atoms with van der Waals surface area (Å²) in [4.78, 5) is 31.1. The first kappa shape index (κ1) is 20.3. The Morgan fingerprint density at radius 3 is 2.67 bits per heavy atom. The summed E-state index contributed by atoms with van der Waals surface area (Å²) in [6.45, 7) is 4.69. The summed E-state index contributed by atoms with van der Waals surface area (Å²) < 4.78 is 4.97. The van der Waals surface area contributed by atoms with Crippen molar-refractivity contribution in [2.75, 3.05) is 30.5 Å². The Morgan fingerprint density at radius 2 is 1.93 bits per heavy atom. The SMILES string of the molecule is COCC(=O)N1CCc2cc(-c3csc(NC(=O)c4cc(C)cc(C)c4)n3)ccc21. The van der Waals surface area contributed by atoms with Gasteiger partial charge in [0.25, 0.3) is 11.8 Å². The van der Waals surface area contributed by atoms with Crippen molar-refractivity contribution in [3.63, 3.8) is 0 Å². The van der Waals surface area contributed by atoms with E-state index in [1.807, 2.05) is 49.6 Å². The van der Waals surface area contributed by atoms with E-state index < -0.39 is 0 Å². The lowest BCUT2D eigenvalue weighted by Gasteiger charge is -2.16. The van der Waals surface area contributed by atoms with Gasteiger partial charge in [-0.25, -0.2) is 4.98 Å². The van der Waals surface area contributed by atoms with Crippen LogP contribution in [-0.4, -0.2) is 37.1 Å². The molecule has 2 aromatic carbocycles. The van der Waals surface area contributed by atoms with Gasteiger partial charge in [0, 0.05) is 35.8 Å². The van der Waals surface area contributed by atoms with Crippen LogP contribution < -0.4 is 10.2 Å². The van der Waals surface area contributed by atoms with Crippen molar-refractivity contribution in [1.82, 2.24) is 4.98 Å². The Kier molecular flexibility index (Phi) is 5.65. The van der Waals surface area contributed by atoms with Crippen LogP contribution in [0.1, 0.15) is 27.0 Å². The minimum Gasteiger partial charge on any atom is -0.375 e. The van der Waals surface area contributed by atoms with E-state index in [0.717, 1.165) is 40.1 Å². The summed E-state index contributed by atoms with van der Waals surface area (Å²) in [5.74, 6) is -0.196. The Bertz CT molecular complexity index is 1100. The van der Waals surface area contributed by atoms with Gasteiger partial charge in [0.2, 0.25) is 0 Å². The van der Waals surface area contributed by atoms with E-state index in [-0.39, 0.29) is 18.4 Å². The lowest BCUT2D eigenvalue weighted by Crippen LogP contribution is -2.31. The predicted molar refractivity (Wildman–Crippen MR) is 119 cm³/mol. The molecule has 154 valence electrons. The lowest BCUT2D eigenvalue weighted by molar-refractivity contribution is -0.122. The fourth-order valence-corrected chi connectivity index (χ4v) is 4.48. The number of hydrogen-bond donors (Lipinski definition) is 1. The highest BCUT2D eigenvalue weighted by atomic mass is 32.1. The molecule has 7 heteroatoms. The molecule has 1 N–H and O–H groups in total. The first-order valence-corrected chi connectivity index (χ1v) is 10.6. The Labute approximate surface area is 179 Å². The van der Waals surface area contributed by atoms with E-state index in [4.69, 9.17) is 4.74 Å². The van der Waals surface area contributed by atoms with Crippen molar-refractivity contribution < 1.29 is 14.3 Å². The summed E-state index contributed by atoms with van der Waals surface area (Å²) in [6.07, 6.45) is 0.805. The minimum absolute atomic E-state index is 0.0333. The molecule has 0 bridgehead atoms. The number of methoxy groups -OCH3 is 1. The van der Waals surface area contributed by atoms with E-state index in [1.165, 1.54) is 18.4 Å². The molecule has 2 amide bonds. The van der Waals surface area contributed by atoms with Gasteiger partial charge < -0.3 is 9.64 Å². The third-order valence-corrected chi connectivity index (χ3v) is 5.81. The summed E-state index contributed by atoms with van der Waals surface area (Å²) in [5, 5.41) is 5.39. The first-order chi connectivity index (χ1) is 14.4. The van der Waals surface area contributed by atoms with Crippen molar-refractivity contribution in [3.8, 4) is 11.3 Å². The van der Waals surface area contributed by atoms with E-state index in [0.29, 0.717) is 17.2 Å². The number of aryl methyl sites for hydroxylation is 2. The number of carbonyl (C=O) groups excluding carboxylic acids is 2. The Hall–Kier alpha value is -3.03. The molecule has 1 aliphatic heterocycles. The number of thiazole rings is 1. The molecule has 1 aromatic heterocycles. The molecule has 0 radical (unpaired) electrons. The predicted octanol–water partition coefficient (Wildman–Crippen LogP) is 4.21. The smallest absolute Gasteiger partial charge is 0.257 e. The third-order valence-electron chi connectivity index (χ3n) is 5.05. The van der Waals surface area contributed by atoms with Gasteiger partial charge >= 0.3 is 0 Å². The maximum Gasteiger partial charge on any atom is 0.257 e. The summed E-state index contributed by atoms with van der Waals surface area (Å²) >= 11 is 1.40. The molecule has 6 nitrogen and oxygen atoms in total. The van der Waals surface area contributed by atoms with E-state index >= 15 is 0 Å². The number of aromatic nitrogens is 1. The van der Waals surface area contributed by atoms with Crippen molar-refractivity contribution >= 4 is 34.0 Å². The monoisotopic (exact) mass is 421 g/mol. The molecule has 2 heterocycles. The molecule has 1 aliphatic rings. The van der Waals surface area contributed by atoms with Crippen molar-refractivity contribution in [2.45, 2.75) is 20.3 Å². The summed E-state index contributed by atoms with van der Waals surface area (Å²) in [6, 6.07) is 11.8. The zero-order chi connectivity index (χ0) is 21.3. The highest BCUT2D eigenvalue weighted by Crippen LogP contribution is 2.33. The van der Waals surface area contributed by atoms with E-state index in [2.05, 4.69) is 16.4 Å². The fraction of sp³-hybridized carbons (Fsp3) is 0.261. The molecule has 0 saturated carbocycles. The zero-order valence-corrected chi connectivity index (χ0v) is 18.0. The highest BCUT2D eigenvalue weighted by molar-refractivity contribution is 7.14. The van der Waals surface area contributed by atoms with Gasteiger partial charge in [0.15, 0.2) is 5.13 Å². The van der Waals surface area contributed by atoms with E-state index in [1.54, 1.807) is 4.90 Å². The minimum atomic E-state index is -0.163. The Morgan fingerprint density at radius 1 is 1.17 bits per heavy atom. The lowest BCUT2D eigenvalue weighted by atomic mass is 10.1. The second kappa shape index (κ2) is 8.38. The molecule has 0 unspecified atom stereocenters. The van der Waals surface area contributed by atoms with Gasteiger partial charge in [0.1, 0.15) is 6.61 Å². The summed E-state index contributed by atoms with van der Waals surface area (Å²) in [5.41, 5.74) is 6.55. The number of amides is 2. The number of rotatable bonds is 5. The molecule has 0 spiro atoms. The fourth-order valence-electron chi connectivity index (χ4n) is 3.76. The average molecular weight is 422 g/mol. The highest BCUT2D eigenvalue weighted by Gasteiger charge is 2.25. The van der Waals surface area contributed by atoms with Crippen molar-refractivity contribution in [2.24, 2.45) is 0 Å². The third kappa shape index (κ3) is 4.13. The normalized spacial score (nSPS) is 12.7. The van der Waals surface area contributed by atoms with Crippen LogP contribution in [0.5, 0.6) is 0 Å². The van der Waals surface area contributed by atoms with Gasteiger partial charge in [0.05, 0.1) is 5.69 Å². The summed E-state index contributed by atoms with van der Waals surface area (Å²) in [7, 11) is 1.52. The standard InChI is InChI=1S/C23H23N3O3S/c1-14-8-15(2)10-18(9-14)22(28)25-23-24-19(13-30-23)16-4-5-20-17(11-16)6-7-26(20)21(27)12-29-3/h4-5,8-11,13H,6-7,12H2,1-3H3,(H,24,25,28). The molecule has 3 aromatic rings. The molecule has 0 fully saturated rings. The number of fused-ring (bicyclic) bond motifs is 1. The number of nitrogens with zero attached hydrogens (tertiary/aromatic N) is 2.